The first-order valence-corrected chi connectivity index (χ1v) is 10.2. The van der Waals surface area contributed by atoms with E-state index in [-0.39, 0.29) is 11.3 Å². The lowest BCUT2D eigenvalue weighted by atomic mass is 10.0. The minimum absolute atomic E-state index is 0.0344. The molecule has 0 spiro atoms. The highest BCUT2D eigenvalue weighted by Gasteiger charge is 2.44. The largest absolute Gasteiger partial charge is 0.350 e. The molecule has 1 saturated heterocycles. The van der Waals surface area contributed by atoms with Gasteiger partial charge in [0.1, 0.15) is 5.69 Å². The van der Waals surface area contributed by atoms with Crippen molar-refractivity contribution in [1.82, 2.24) is 20.1 Å². The van der Waals surface area contributed by atoms with E-state index >= 15 is 0 Å². The maximum absolute atomic E-state index is 12.9. The molecular weight excluding hydrogens is 336 g/mol. The van der Waals surface area contributed by atoms with Gasteiger partial charge in [0.2, 0.25) is 0 Å². The number of amides is 1. The predicted molar refractivity (Wildman–Crippen MR) is 110 cm³/mol. The second-order valence-corrected chi connectivity index (χ2v) is 8.84. The Kier molecular flexibility index (Phi) is 4.77. The van der Waals surface area contributed by atoms with Crippen LogP contribution in [0.2, 0.25) is 0 Å². The summed E-state index contributed by atoms with van der Waals surface area (Å²) in [6.45, 7) is 12.7. The van der Waals surface area contributed by atoms with Crippen LogP contribution < -0.4 is 5.32 Å². The van der Waals surface area contributed by atoms with Crippen molar-refractivity contribution in [2.45, 2.75) is 33.6 Å². The molecule has 5 heteroatoms. The Hall–Kier alpha value is -1.85. The fourth-order valence-corrected chi connectivity index (χ4v) is 4.43. The van der Waals surface area contributed by atoms with Crippen LogP contribution in [0.15, 0.2) is 12.1 Å². The number of carbonyl (C=O) groups excluding carboxylic acids is 1. The molecule has 27 heavy (non-hydrogen) atoms. The zero-order valence-corrected chi connectivity index (χ0v) is 17.1. The van der Waals surface area contributed by atoms with Crippen molar-refractivity contribution in [2.75, 3.05) is 46.3 Å². The van der Waals surface area contributed by atoms with E-state index < -0.39 is 0 Å². The molecule has 1 aromatic heterocycles. The van der Waals surface area contributed by atoms with Crippen LogP contribution in [0.25, 0.3) is 10.9 Å². The standard InChI is InChI=1S/C22H32N4O/c1-15-5-6-16(2)19-18(15)17(3)20(24-19)21(27)23-13-22(7-8-22)14-26-11-9-25(4)10-12-26/h5-6,24H,7-14H2,1-4H3,(H,23,27). The molecule has 1 amide bonds. The Morgan fingerprint density at radius 3 is 2.41 bits per heavy atom. The number of hydrogen-bond acceptors (Lipinski definition) is 3. The summed E-state index contributed by atoms with van der Waals surface area (Å²) in [7, 11) is 2.19. The highest BCUT2D eigenvalue weighted by Crippen LogP contribution is 2.45. The third kappa shape index (κ3) is 3.63. The molecule has 5 nitrogen and oxygen atoms in total. The number of rotatable bonds is 5. The summed E-state index contributed by atoms with van der Waals surface area (Å²) < 4.78 is 0. The zero-order chi connectivity index (χ0) is 19.2. The van der Waals surface area contributed by atoms with Crippen LogP contribution in [-0.2, 0) is 0 Å². The lowest BCUT2D eigenvalue weighted by Crippen LogP contribution is -2.48. The molecule has 2 N–H and O–H groups in total. The molecule has 2 aromatic rings. The molecule has 2 aliphatic rings. The van der Waals surface area contributed by atoms with E-state index in [1.165, 1.54) is 29.4 Å². The molecule has 2 fully saturated rings. The van der Waals surface area contributed by atoms with Crippen LogP contribution in [0.3, 0.4) is 0 Å². The van der Waals surface area contributed by atoms with Crippen LogP contribution in [0, 0.1) is 26.2 Å². The molecule has 1 aliphatic heterocycles. The van der Waals surface area contributed by atoms with Gasteiger partial charge in [0.15, 0.2) is 0 Å². The quantitative estimate of drug-likeness (QED) is 0.853. The van der Waals surface area contributed by atoms with E-state index in [9.17, 15) is 4.79 Å². The van der Waals surface area contributed by atoms with Gasteiger partial charge < -0.3 is 20.1 Å². The normalized spacial score (nSPS) is 20.1. The average Bonchev–Trinajstić information content (AvgIpc) is 3.32. The van der Waals surface area contributed by atoms with E-state index in [4.69, 9.17) is 0 Å². The fourth-order valence-electron chi connectivity index (χ4n) is 4.43. The van der Waals surface area contributed by atoms with Crippen LogP contribution in [0.5, 0.6) is 0 Å². The first-order chi connectivity index (χ1) is 12.9. The molecule has 2 heterocycles. The summed E-state index contributed by atoms with van der Waals surface area (Å²) in [5, 5.41) is 4.43. The van der Waals surface area contributed by atoms with Gasteiger partial charge in [0.25, 0.3) is 5.91 Å². The number of nitrogens with one attached hydrogen (secondary N) is 2. The highest BCUT2D eigenvalue weighted by molar-refractivity contribution is 6.02. The Bertz CT molecular complexity index is 857. The number of hydrogen-bond donors (Lipinski definition) is 2. The summed E-state index contributed by atoms with van der Waals surface area (Å²) in [6.07, 6.45) is 2.45. The molecule has 1 saturated carbocycles. The second-order valence-electron chi connectivity index (χ2n) is 8.84. The number of fused-ring (bicyclic) bond motifs is 1. The highest BCUT2D eigenvalue weighted by atomic mass is 16.1. The van der Waals surface area contributed by atoms with Crippen molar-refractivity contribution in [3.05, 3.63) is 34.5 Å². The van der Waals surface area contributed by atoms with Gasteiger partial charge in [0.05, 0.1) is 0 Å². The van der Waals surface area contributed by atoms with Crippen molar-refractivity contribution in [2.24, 2.45) is 5.41 Å². The number of H-pyrrole nitrogens is 1. The van der Waals surface area contributed by atoms with Gasteiger partial charge in [-0.15, -0.1) is 0 Å². The monoisotopic (exact) mass is 368 g/mol. The van der Waals surface area contributed by atoms with E-state index in [0.717, 1.165) is 56.0 Å². The second kappa shape index (κ2) is 6.95. The molecular formula is C22H32N4O. The van der Waals surface area contributed by atoms with Crippen LogP contribution in [-0.4, -0.2) is 67.0 Å². The van der Waals surface area contributed by atoms with E-state index in [0.29, 0.717) is 0 Å². The average molecular weight is 369 g/mol. The van der Waals surface area contributed by atoms with E-state index in [1.807, 2.05) is 0 Å². The van der Waals surface area contributed by atoms with Crippen molar-refractivity contribution >= 4 is 16.8 Å². The molecule has 146 valence electrons. The van der Waals surface area contributed by atoms with Gasteiger partial charge in [-0.1, -0.05) is 12.1 Å². The molecule has 4 rings (SSSR count). The van der Waals surface area contributed by atoms with E-state index in [2.05, 4.69) is 60.1 Å². The molecule has 0 atom stereocenters. The summed E-state index contributed by atoms with van der Waals surface area (Å²) in [6, 6.07) is 4.25. The molecule has 0 unspecified atom stereocenters. The number of aryl methyl sites for hydroxylation is 3. The third-order valence-electron chi connectivity index (χ3n) is 6.59. The smallest absolute Gasteiger partial charge is 0.268 e. The zero-order valence-electron chi connectivity index (χ0n) is 17.1. The topological polar surface area (TPSA) is 51.4 Å². The first kappa shape index (κ1) is 18.5. The van der Waals surface area contributed by atoms with Crippen LogP contribution in [0.4, 0.5) is 0 Å². The van der Waals surface area contributed by atoms with Gasteiger partial charge in [-0.3, -0.25) is 4.79 Å². The van der Waals surface area contributed by atoms with Crippen molar-refractivity contribution < 1.29 is 4.79 Å². The molecule has 0 bridgehead atoms. The number of nitrogens with zero attached hydrogens (tertiary/aromatic N) is 2. The molecule has 0 radical (unpaired) electrons. The fraction of sp³-hybridized carbons (Fsp3) is 0.591. The van der Waals surface area contributed by atoms with Gasteiger partial charge in [-0.05, 0) is 57.4 Å². The maximum atomic E-state index is 12.9. The number of piperazine rings is 1. The van der Waals surface area contributed by atoms with Crippen LogP contribution in [0.1, 0.15) is 40.0 Å². The van der Waals surface area contributed by atoms with Gasteiger partial charge in [0, 0.05) is 55.6 Å². The molecule has 1 aliphatic carbocycles. The number of aromatic amines is 1. The number of likely N-dealkylation sites (N-methyl/N-ethyl adjacent to an activating group) is 1. The van der Waals surface area contributed by atoms with Gasteiger partial charge in [-0.2, -0.15) is 0 Å². The van der Waals surface area contributed by atoms with Crippen molar-refractivity contribution in [1.29, 1.82) is 0 Å². The lowest BCUT2D eigenvalue weighted by molar-refractivity contribution is 0.0922. The summed E-state index contributed by atoms with van der Waals surface area (Å²) in [5.74, 6) is 0.0344. The lowest BCUT2D eigenvalue weighted by Gasteiger charge is -2.34. The summed E-state index contributed by atoms with van der Waals surface area (Å²) >= 11 is 0. The van der Waals surface area contributed by atoms with Gasteiger partial charge >= 0.3 is 0 Å². The number of aromatic nitrogens is 1. The van der Waals surface area contributed by atoms with Crippen molar-refractivity contribution in [3.8, 4) is 0 Å². The first-order valence-electron chi connectivity index (χ1n) is 10.2. The molecule has 1 aromatic carbocycles. The number of benzene rings is 1. The minimum Gasteiger partial charge on any atom is -0.350 e. The van der Waals surface area contributed by atoms with Crippen LogP contribution >= 0.6 is 0 Å². The van der Waals surface area contributed by atoms with E-state index in [1.54, 1.807) is 0 Å². The van der Waals surface area contributed by atoms with Gasteiger partial charge in [-0.25, -0.2) is 0 Å². The Morgan fingerprint density at radius 1 is 1.11 bits per heavy atom. The SMILES string of the molecule is Cc1ccc(C)c2c(C)c(C(=O)NCC3(CN4CCN(C)CC4)CC3)[nH]c12. The van der Waals surface area contributed by atoms with Crippen molar-refractivity contribution in [3.63, 3.8) is 0 Å². The number of carbonyl (C=O) groups is 1. The summed E-state index contributed by atoms with van der Waals surface area (Å²) in [5.41, 5.74) is 5.57. The Morgan fingerprint density at radius 2 is 1.78 bits per heavy atom. The Labute approximate surface area is 162 Å². The minimum atomic E-state index is 0.0344. The Balaban J connectivity index is 1.43. The third-order valence-corrected chi connectivity index (χ3v) is 6.59. The maximum Gasteiger partial charge on any atom is 0.268 e. The predicted octanol–water partition coefficient (Wildman–Crippen LogP) is 2.85. The summed E-state index contributed by atoms with van der Waals surface area (Å²) in [4.78, 5) is 21.3.